The molecular weight excluding hydrogens is 338 g/mol. The van der Waals surface area contributed by atoms with Crippen molar-refractivity contribution < 1.29 is 14.4 Å². The lowest BCUT2D eigenvalue weighted by Crippen LogP contribution is -3.12. The minimum absolute atomic E-state index is 0.0735. The third-order valence-electron chi connectivity index (χ3n) is 5.30. The van der Waals surface area contributed by atoms with Gasteiger partial charge in [-0.2, -0.15) is 0 Å². The van der Waals surface area contributed by atoms with Crippen molar-refractivity contribution in [3.63, 3.8) is 0 Å². The summed E-state index contributed by atoms with van der Waals surface area (Å²) in [6.07, 6.45) is 1.91. The Morgan fingerprint density at radius 2 is 1.85 bits per heavy atom. The highest BCUT2D eigenvalue weighted by Crippen LogP contribution is 2.25. The van der Waals surface area contributed by atoms with Crippen LogP contribution in [0.5, 0.6) is 5.75 Å². The Labute approximate surface area is 160 Å². The number of amides is 1. The van der Waals surface area contributed by atoms with Gasteiger partial charge in [-0.05, 0) is 29.8 Å². The van der Waals surface area contributed by atoms with Gasteiger partial charge in [0.05, 0.1) is 38.8 Å². The molecule has 0 spiro atoms. The van der Waals surface area contributed by atoms with Crippen molar-refractivity contribution in [2.45, 2.75) is 6.54 Å². The molecule has 1 fully saturated rings. The molecular formula is C22H26N3O2+. The second-order valence-corrected chi connectivity index (χ2v) is 7.29. The van der Waals surface area contributed by atoms with E-state index in [1.54, 1.807) is 4.90 Å². The van der Waals surface area contributed by atoms with E-state index in [0.29, 0.717) is 18.7 Å². The molecule has 0 aliphatic carbocycles. The molecule has 5 heteroatoms. The van der Waals surface area contributed by atoms with Crippen LogP contribution in [0.2, 0.25) is 0 Å². The molecule has 1 amide bonds. The van der Waals surface area contributed by atoms with Crippen molar-refractivity contribution >= 4 is 17.7 Å². The molecule has 2 aromatic rings. The maximum atomic E-state index is 12.5. The van der Waals surface area contributed by atoms with Crippen molar-refractivity contribution in [1.82, 2.24) is 5.32 Å². The molecule has 1 saturated heterocycles. The van der Waals surface area contributed by atoms with Crippen LogP contribution in [0, 0.1) is 0 Å². The van der Waals surface area contributed by atoms with Crippen LogP contribution in [0.25, 0.3) is 6.08 Å². The fourth-order valence-electron chi connectivity index (χ4n) is 3.51. The number of likely N-dealkylation sites (N-methyl/N-ethyl adjacent to an activating group) is 1. The fourth-order valence-corrected chi connectivity index (χ4v) is 3.51. The van der Waals surface area contributed by atoms with Gasteiger partial charge in [-0.1, -0.05) is 30.3 Å². The fraction of sp³-hybridized carbons (Fsp3) is 0.318. The Kier molecular flexibility index (Phi) is 5.12. The number of ether oxygens (including phenoxy) is 1. The molecule has 5 nitrogen and oxygen atoms in total. The molecule has 0 saturated carbocycles. The Morgan fingerprint density at radius 3 is 2.63 bits per heavy atom. The topological polar surface area (TPSA) is 46.0 Å². The lowest BCUT2D eigenvalue weighted by Gasteiger charge is -2.31. The highest BCUT2D eigenvalue weighted by atomic mass is 16.5. The zero-order chi connectivity index (χ0) is 18.6. The molecule has 2 heterocycles. The largest absolute Gasteiger partial charge is 0.488 e. The minimum atomic E-state index is -0.0735. The standard InChI is InChI=1S/C22H25N3O2/c1-24-10-12-25(13-11-24)20-8-6-17(7-9-20)15-23-22(26)19-14-18-4-2-3-5-21(18)27-16-19/h2-9,14H,10-13,15-16H2,1H3,(H,23,26)/p+1. The first kappa shape index (κ1) is 17.6. The number of anilines is 1. The molecule has 0 radical (unpaired) electrons. The summed E-state index contributed by atoms with van der Waals surface area (Å²) in [5.41, 5.74) is 3.97. The molecule has 0 atom stereocenters. The molecule has 2 aromatic carbocycles. The number of quaternary nitrogens is 1. The summed E-state index contributed by atoms with van der Waals surface area (Å²) in [4.78, 5) is 16.5. The van der Waals surface area contributed by atoms with Gasteiger partial charge in [0, 0.05) is 17.8 Å². The number of hydrogen-bond acceptors (Lipinski definition) is 3. The Balaban J connectivity index is 1.34. The van der Waals surface area contributed by atoms with Crippen LogP contribution in [0.15, 0.2) is 54.1 Å². The molecule has 2 aliphatic rings. The first-order valence-electron chi connectivity index (χ1n) is 9.55. The van der Waals surface area contributed by atoms with E-state index in [2.05, 4.69) is 41.5 Å². The summed E-state index contributed by atoms with van der Waals surface area (Å²) >= 11 is 0. The molecule has 140 valence electrons. The number of benzene rings is 2. The van der Waals surface area contributed by atoms with Crippen LogP contribution < -0.4 is 19.9 Å². The van der Waals surface area contributed by atoms with Gasteiger partial charge in [-0.3, -0.25) is 4.79 Å². The third-order valence-corrected chi connectivity index (χ3v) is 5.30. The quantitative estimate of drug-likeness (QED) is 0.855. The molecule has 0 aromatic heterocycles. The second-order valence-electron chi connectivity index (χ2n) is 7.29. The van der Waals surface area contributed by atoms with E-state index in [0.717, 1.165) is 30.0 Å². The zero-order valence-electron chi connectivity index (χ0n) is 15.7. The number of carbonyl (C=O) groups is 1. The average Bonchev–Trinajstić information content (AvgIpc) is 2.72. The van der Waals surface area contributed by atoms with Crippen molar-refractivity contribution in [2.24, 2.45) is 0 Å². The van der Waals surface area contributed by atoms with E-state index in [1.165, 1.54) is 18.8 Å². The monoisotopic (exact) mass is 364 g/mol. The number of nitrogens with zero attached hydrogens (tertiary/aromatic N) is 1. The molecule has 2 aliphatic heterocycles. The lowest BCUT2D eigenvalue weighted by molar-refractivity contribution is -0.880. The van der Waals surface area contributed by atoms with E-state index in [-0.39, 0.29) is 5.91 Å². The summed E-state index contributed by atoms with van der Waals surface area (Å²) in [7, 11) is 2.24. The second kappa shape index (κ2) is 7.84. The Bertz CT molecular complexity index is 837. The normalized spacial score (nSPS) is 16.9. The van der Waals surface area contributed by atoms with Gasteiger partial charge in [0.25, 0.3) is 5.91 Å². The average molecular weight is 364 g/mol. The van der Waals surface area contributed by atoms with Gasteiger partial charge in [0.2, 0.25) is 0 Å². The van der Waals surface area contributed by atoms with E-state index in [4.69, 9.17) is 4.74 Å². The van der Waals surface area contributed by atoms with E-state index < -0.39 is 0 Å². The lowest BCUT2D eigenvalue weighted by atomic mass is 10.1. The molecule has 27 heavy (non-hydrogen) atoms. The summed E-state index contributed by atoms with van der Waals surface area (Å²) in [6, 6.07) is 16.3. The Hall–Kier alpha value is -2.79. The Morgan fingerprint density at radius 1 is 1.11 bits per heavy atom. The van der Waals surface area contributed by atoms with Crippen LogP contribution in [0.3, 0.4) is 0 Å². The first-order valence-corrected chi connectivity index (χ1v) is 9.55. The number of piperazine rings is 1. The van der Waals surface area contributed by atoms with Crippen molar-refractivity contribution in [3.8, 4) is 5.75 Å². The maximum absolute atomic E-state index is 12.5. The third kappa shape index (κ3) is 4.14. The highest BCUT2D eigenvalue weighted by Gasteiger charge is 2.18. The predicted octanol–water partition coefficient (Wildman–Crippen LogP) is 1.11. The van der Waals surface area contributed by atoms with Crippen LogP contribution in [0.1, 0.15) is 11.1 Å². The van der Waals surface area contributed by atoms with Gasteiger partial charge in [0.1, 0.15) is 12.4 Å². The van der Waals surface area contributed by atoms with E-state index in [9.17, 15) is 4.79 Å². The number of fused-ring (bicyclic) bond motifs is 1. The smallest absolute Gasteiger partial charge is 0.250 e. The van der Waals surface area contributed by atoms with Crippen LogP contribution in [0.4, 0.5) is 5.69 Å². The predicted molar refractivity (Wildman–Crippen MR) is 107 cm³/mol. The van der Waals surface area contributed by atoms with E-state index >= 15 is 0 Å². The summed E-state index contributed by atoms with van der Waals surface area (Å²) in [5, 5.41) is 3.00. The molecule has 0 bridgehead atoms. The van der Waals surface area contributed by atoms with Crippen LogP contribution in [-0.4, -0.2) is 45.7 Å². The van der Waals surface area contributed by atoms with Crippen LogP contribution in [-0.2, 0) is 11.3 Å². The van der Waals surface area contributed by atoms with Gasteiger partial charge >= 0.3 is 0 Å². The van der Waals surface area contributed by atoms with Crippen LogP contribution >= 0.6 is 0 Å². The SMILES string of the molecule is C[NH+]1CCN(c2ccc(CNC(=O)C3=Cc4ccccc4OC3)cc2)CC1. The molecule has 0 unspecified atom stereocenters. The number of hydrogen-bond donors (Lipinski definition) is 2. The zero-order valence-corrected chi connectivity index (χ0v) is 15.7. The first-order chi connectivity index (χ1) is 13.2. The summed E-state index contributed by atoms with van der Waals surface area (Å²) in [6.45, 7) is 5.38. The minimum Gasteiger partial charge on any atom is -0.488 e. The highest BCUT2D eigenvalue weighted by molar-refractivity contribution is 5.99. The van der Waals surface area contributed by atoms with Gasteiger partial charge in [-0.25, -0.2) is 0 Å². The molecule has 4 rings (SSSR count). The van der Waals surface area contributed by atoms with Gasteiger partial charge in [-0.15, -0.1) is 0 Å². The van der Waals surface area contributed by atoms with Crippen molar-refractivity contribution in [1.29, 1.82) is 0 Å². The number of carbonyl (C=O) groups excluding carboxylic acids is 1. The molecule has 2 N–H and O–H groups in total. The maximum Gasteiger partial charge on any atom is 0.250 e. The number of para-hydroxylation sites is 1. The summed E-state index contributed by atoms with van der Waals surface area (Å²) in [5.74, 6) is 0.755. The van der Waals surface area contributed by atoms with Gasteiger partial charge in [0.15, 0.2) is 0 Å². The number of nitrogens with one attached hydrogen (secondary N) is 2. The van der Waals surface area contributed by atoms with E-state index in [1.807, 2.05) is 30.3 Å². The van der Waals surface area contributed by atoms with Crippen molar-refractivity contribution in [3.05, 3.63) is 65.2 Å². The summed E-state index contributed by atoms with van der Waals surface area (Å²) < 4.78 is 5.66. The van der Waals surface area contributed by atoms with Gasteiger partial charge < -0.3 is 19.9 Å². The van der Waals surface area contributed by atoms with Crippen molar-refractivity contribution in [2.75, 3.05) is 44.7 Å². The number of rotatable bonds is 4.